The lowest BCUT2D eigenvalue weighted by atomic mass is 10.4. The number of halogens is 1. The van der Waals surface area contributed by atoms with Crippen molar-refractivity contribution in [1.82, 2.24) is 4.90 Å². The van der Waals surface area contributed by atoms with Crippen LogP contribution < -0.4 is 0 Å². The Bertz CT molecular complexity index is 437. The Morgan fingerprint density at radius 1 is 1.09 bits per heavy atom. The van der Waals surface area contributed by atoms with Crippen LogP contribution in [0.3, 0.4) is 0 Å². The van der Waals surface area contributed by atoms with Crippen LogP contribution in [0.15, 0.2) is 10.6 Å². The first-order valence-corrected chi connectivity index (χ1v) is 11.4. The zero-order valence-electron chi connectivity index (χ0n) is 15.2. The van der Waals surface area contributed by atoms with Crippen LogP contribution in [0.5, 0.6) is 0 Å². The highest BCUT2D eigenvalue weighted by Crippen LogP contribution is 2.42. The molecule has 6 heteroatoms. The number of carbonyl (C=O) groups is 2. The Kier molecular flexibility index (Phi) is 7.68. The first kappa shape index (κ1) is 20.6. The number of nitrogens with zero attached hydrogens (tertiary/aromatic N) is 1. The van der Waals surface area contributed by atoms with E-state index in [1.165, 1.54) is 4.90 Å². The number of likely N-dealkylation sites (tertiary alicyclic amines) is 1. The molecule has 1 aliphatic rings. The molecule has 0 radical (unpaired) electrons. The van der Waals surface area contributed by atoms with Gasteiger partial charge in [0.15, 0.2) is 0 Å². The molecule has 4 nitrogen and oxygen atoms in total. The van der Waals surface area contributed by atoms with Gasteiger partial charge in [0.1, 0.15) is 0 Å². The minimum absolute atomic E-state index is 0.0808. The van der Waals surface area contributed by atoms with Gasteiger partial charge in [-0.25, -0.2) is 0 Å². The average molecular weight is 404 g/mol. The summed E-state index contributed by atoms with van der Waals surface area (Å²) in [5.41, 5.74) is 1.60. The predicted octanol–water partition coefficient (Wildman–Crippen LogP) is 4.61. The van der Waals surface area contributed by atoms with E-state index in [1.54, 1.807) is 0 Å². The summed E-state index contributed by atoms with van der Waals surface area (Å²) in [6.07, 6.45) is 2.55. The number of amides is 2. The standard InChI is InChI=1S/C17H30BrNO3Si/c1-12(2)23(13(3)4,14(5)6)22-11-15(18)9-10-19-16(20)7-8-17(19)21/h9,12-14H,7-8,10-11H2,1-6H3/b15-9+. The zero-order chi connectivity index (χ0) is 17.8. The normalized spacial score (nSPS) is 17.3. The average Bonchev–Trinajstić information content (AvgIpc) is 2.75. The molecule has 2 amide bonds. The predicted molar refractivity (Wildman–Crippen MR) is 100.0 cm³/mol. The van der Waals surface area contributed by atoms with E-state index in [0.29, 0.717) is 42.6 Å². The lowest BCUT2D eigenvalue weighted by Gasteiger charge is -2.42. The smallest absolute Gasteiger partial charge is 0.229 e. The quantitative estimate of drug-likeness (QED) is 0.439. The monoisotopic (exact) mass is 403 g/mol. The van der Waals surface area contributed by atoms with E-state index < -0.39 is 8.32 Å². The number of hydrogen-bond acceptors (Lipinski definition) is 3. The summed E-state index contributed by atoms with van der Waals surface area (Å²) < 4.78 is 7.39. The minimum atomic E-state index is -1.90. The second-order valence-corrected chi connectivity index (χ2v) is 13.6. The first-order chi connectivity index (χ1) is 10.6. The Balaban J connectivity index is 2.72. The van der Waals surface area contributed by atoms with Gasteiger partial charge in [-0.2, -0.15) is 0 Å². The van der Waals surface area contributed by atoms with E-state index in [0.717, 1.165) is 4.48 Å². The third-order valence-electron chi connectivity index (χ3n) is 4.82. The van der Waals surface area contributed by atoms with Crippen molar-refractivity contribution in [2.24, 2.45) is 0 Å². The van der Waals surface area contributed by atoms with E-state index in [2.05, 4.69) is 57.5 Å². The molecule has 0 aromatic carbocycles. The second kappa shape index (κ2) is 8.58. The van der Waals surface area contributed by atoms with Crippen LogP contribution in [0.25, 0.3) is 0 Å². The summed E-state index contributed by atoms with van der Waals surface area (Å²) in [6, 6.07) is 0. The molecule has 1 heterocycles. The maximum Gasteiger partial charge on any atom is 0.229 e. The van der Waals surface area contributed by atoms with Crippen LogP contribution in [-0.2, 0) is 14.0 Å². The number of carbonyl (C=O) groups excluding carboxylic acids is 2. The molecular formula is C17H30BrNO3Si. The molecule has 1 fully saturated rings. The zero-order valence-corrected chi connectivity index (χ0v) is 17.8. The van der Waals surface area contributed by atoms with Crippen molar-refractivity contribution in [2.45, 2.75) is 71.0 Å². The van der Waals surface area contributed by atoms with Crippen LogP contribution in [0.4, 0.5) is 0 Å². The molecule has 0 saturated carbocycles. The Hall–Kier alpha value is -0.463. The van der Waals surface area contributed by atoms with E-state index in [1.807, 2.05) is 6.08 Å². The van der Waals surface area contributed by atoms with Gasteiger partial charge in [-0.05, 0) is 16.6 Å². The molecule has 0 spiro atoms. The maximum absolute atomic E-state index is 11.6. The maximum atomic E-state index is 11.6. The Morgan fingerprint density at radius 2 is 1.52 bits per heavy atom. The lowest BCUT2D eigenvalue weighted by molar-refractivity contribution is -0.137. The van der Waals surface area contributed by atoms with Crippen LogP contribution in [0.2, 0.25) is 16.6 Å². The molecular weight excluding hydrogens is 374 g/mol. The summed E-state index contributed by atoms with van der Waals surface area (Å²) in [5, 5.41) is 0. The molecule has 0 atom stereocenters. The van der Waals surface area contributed by atoms with Crippen LogP contribution in [0.1, 0.15) is 54.4 Å². The fourth-order valence-corrected chi connectivity index (χ4v) is 9.65. The SMILES string of the molecule is CC(C)[Si](OC/C(Br)=C\CN1C(=O)CCC1=O)(C(C)C)C(C)C. The van der Waals surface area contributed by atoms with Gasteiger partial charge in [0, 0.05) is 23.9 Å². The molecule has 0 aromatic rings. The van der Waals surface area contributed by atoms with Gasteiger partial charge in [0.25, 0.3) is 0 Å². The van der Waals surface area contributed by atoms with Crippen LogP contribution in [0, 0.1) is 0 Å². The van der Waals surface area contributed by atoms with Crippen LogP contribution >= 0.6 is 15.9 Å². The topological polar surface area (TPSA) is 46.6 Å². The largest absolute Gasteiger partial charge is 0.411 e. The summed E-state index contributed by atoms with van der Waals surface area (Å²) in [7, 11) is -1.90. The van der Waals surface area contributed by atoms with Crippen molar-refractivity contribution in [3.8, 4) is 0 Å². The second-order valence-electron chi connectivity index (χ2n) is 7.16. The molecule has 0 N–H and O–H groups in total. The van der Waals surface area contributed by atoms with Gasteiger partial charge in [-0.3, -0.25) is 14.5 Å². The molecule has 1 saturated heterocycles. The highest BCUT2D eigenvalue weighted by molar-refractivity contribution is 9.11. The highest BCUT2D eigenvalue weighted by Gasteiger charge is 2.45. The molecule has 1 rings (SSSR count). The summed E-state index contributed by atoms with van der Waals surface area (Å²) in [4.78, 5) is 24.6. The highest BCUT2D eigenvalue weighted by atomic mass is 79.9. The van der Waals surface area contributed by atoms with Crippen LogP contribution in [-0.4, -0.2) is 38.2 Å². The number of imide groups is 1. The first-order valence-electron chi connectivity index (χ1n) is 8.44. The molecule has 0 aromatic heterocycles. The summed E-state index contributed by atoms with van der Waals surface area (Å²) in [5.74, 6) is -0.162. The minimum Gasteiger partial charge on any atom is -0.411 e. The third kappa shape index (κ3) is 4.76. The fourth-order valence-electron chi connectivity index (χ4n) is 3.77. The van der Waals surface area contributed by atoms with Gasteiger partial charge < -0.3 is 4.43 Å². The summed E-state index contributed by atoms with van der Waals surface area (Å²) >= 11 is 3.53. The molecule has 23 heavy (non-hydrogen) atoms. The molecule has 0 unspecified atom stereocenters. The number of hydrogen-bond donors (Lipinski definition) is 0. The Morgan fingerprint density at radius 3 is 1.91 bits per heavy atom. The molecule has 0 bridgehead atoms. The van der Waals surface area contributed by atoms with E-state index in [4.69, 9.17) is 4.43 Å². The fraction of sp³-hybridized carbons (Fsp3) is 0.765. The van der Waals surface area contributed by atoms with E-state index in [9.17, 15) is 9.59 Å². The van der Waals surface area contributed by atoms with Gasteiger partial charge in [-0.1, -0.05) is 63.5 Å². The van der Waals surface area contributed by atoms with Crippen molar-refractivity contribution < 1.29 is 14.0 Å². The lowest BCUT2D eigenvalue weighted by Crippen LogP contribution is -2.48. The summed E-state index contributed by atoms with van der Waals surface area (Å²) in [6.45, 7) is 14.4. The van der Waals surface area contributed by atoms with Gasteiger partial charge in [0.05, 0.1) is 6.61 Å². The van der Waals surface area contributed by atoms with Crippen molar-refractivity contribution in [3.05, 3.63) is 10.6 Å². The molecule has 1 aliphatic heterocycles. The van der Waals surface area contributed by atoms with Gasteiger partial charge in [-0.15, -0.1) is 0 Å². The number of rotatable bonds is 8. The Labute approximate surface area is 149 Å². The van der Waals surface area contributed by atoms with E-state index in [-0.39, 0.29) is 11.8 Å². The van der Waals surface area contributed by atoms with E-state index >= 15 is 0 Å². The molecule has 132 valence electrons. The molecule has 0 aliphatic carbocycles. The van der Waals surface area contributed by atoms with Crippen molar-refractivity contribution >= 4 is 36.1 Å². The van der Waals surface area contributed by atoms with Gasteiger partial charge in [0.2, 0.25) is 20.1 Å². The van der Waals surface area contributed by atoms with Gasteiger partial charge >= 0.3 is 0 Å². The van der Waals surface area contributed by atoms with Crippen molar-refractivity contribution in [1.29, 1.82) is 0 Å². The third-order valence-corrected chi connectivity index (χ3v) is 11.4. The van der Waals surface area contributed by atoms with Crippen molar-refractivity contribution in [3.63, 3.8) is 0 Å². The van der Waals surface area contributed by atoms with Crippen molar-refractivity contribution in [2.75, 3.05) is 13.2 Å².